The first-order valence-electron chi connectivity index (χ1n) is 6.83. The van der Waals surface area contributed by atoms with Crippen molar-refractivity contribution in [2.45, 2.75) is 39.0 Å². The third-order valence-electron chi connectivity index (χ3n) is 3.40. The van der Waals surface area contributed by atoms with Gasteiger partial charge in [0.05, 0.1) is 0 Å². The Balaban J connectivity index is 2.58. The molecule has 0 radical (unpaired) electrons. The molecule has 6 heteroatoms. The Labute approximate surface area is 112 Å². The smallest absolute Gasteiger partial charge is 0.322 e. The molecule has 6 nitrogen and oxygen atoms in total. The van der Waals surface area contributed by atoms with Crippen LogP contribution in [-0.4, -0.2) is 36.0 Å². The van der Waals surface area contributed by atoms with Gasteiger partial charge >= 0.3 is 5.97 Å². The van der Waals surface area contributed by atoms with Gasteiger partial charge in [-0.3, -0.25) is 14.4 Å². The van der Waals surface area contributed by atoms with E-state index in [1.165, 1.54) is 0 Å². The van der Waals surface area contributed by atoms with Crippen molar-refractivity contribution in [1.82, 2.24) is 10.6 Å². The van der Waals surface area contributed by atoms with E-state index in [1.54, 1.807) is 0 Å². The van der Waals surface area contributed by atoms with Crippen LogP contribution in [0.5, 0.6) is 0 Å². The molecule has 0 aliphatic heterocycles. The lowest BCUT2D eigenvalue weighted by atomic mass is 9.78. The monoisotopic (exact) mass is 270 g/mol. The molecule has 1 aliphatic carbocycles. The average Bonchev–Trinajstić information content (AvgIpc) is 2.42. The van der Waals surface area contributed by atoms with Crippen molar-refractivity contribution >= 4 is 17.8 Å². The fraction of sp³-hybridized carbons (Fsp3) is 0.769. The van der Waals surface area contributed by atoms with Gasteiger partial charge in [-0.2, -0.15) is 0 Å². The molecule has 0 aromatic carbocycles. The second-order valence-electron chi connectivity index (χ2n) is 4.90. The Hall–Kier alpha value is -1.59. The van der Waals surface area contributed by atoms with Crippen molar-refractivity contribution in [3.63, 3.8) is 0 Å². The summed E-state index contributed by atoms with van der Waals surface area (Å²) in [4.78, 5) is 34.4. The normalized spacial score (nSPS) is 22.6. The molecule has 108 valence electrons. The van der Waals surface area contributed by atoms with Gasteiger partial charge < -0.3 is 15.7 Å². The first kappa shape index (κ1) is 15.5. The molecular formula is C13H22N2O4. The van der Waals surface area contributed by atoms with Crippen molar-refractivity contribution in [2.75, 3.05) is 13.1 Å². The van der Waals surface area contributed by atoms with Gasteiger partial charge in [0.2, 0.25) is 11.8 Å². The van der Waals surface area contributed by atoms with Gasteiger partial charge in [-0.1, -0.05) is 19.8 Å². The van der Waals surface area contributed by atoms with Crippen LogP contribution in [0.1, 0.15) is 39.0 Å². The van der Waals surface area contributed by atoms with Gasteiger partial charge in [0.15, 0.2) is 0 Å². The predicted molar refractivity (Wildman–Crippen MR) is 69.4 cm³/mol. The van der Waals surface area contributed by atoms with Crippen LogP contribution in [0.2, 0.25) is 0 Å². The topological polar surface area (TPSA) is 95.5 Å². The Morgan fingerprint density at radius 3 is 2.05 bits per heavy atom. The summed E-state index contributed by atoms with van der Waals surface area (Å²) in [5.41, 5.74) is 0. The van der Waals surface area contributed by atoms with Gasteiger partial charge in [-0.15, -0.1) is 0 Å². The van der Waals surface area contributed by atoms with E-state index in [-0.39, 0.29) is 17.7 Å². The van der Waals surface area contributed by atoms with Gasteiger partial charge in [0, 0.05) is 18.4 Å². The number of carboxylic acids is 1. The highest BCUT2D eigenvalue weighted by Gasteiger charge is 2.35. The maximum Gasteiger partial charge on any atom is 0.322 e. The molecule has 1 aliphatic rings. The van der Waals surface area contributed by atoms with Gasteiger partial charge in [0.25, 0.3) is 0 Å². The van der Waals surface area contributed by atoms with E-state index >= 15 is 0 Å². The number of carboxylic acid groups (broad SMARTS) is 1. The molecule has 0 aromatic heterocycles. The molecule has 3 N–H and O–H groups in total. The minimum atomic E-state index is -1.07. The quantitative estimate of drug-likeness (QED) is 0.655. The summed E-state index contributed by atoms with van der Waals surface area (Å²) in [6.07, 6.45) is 4.04. The molecule has 0 spiro atoms. The summed E-state index contributed by atoms with van der Waals surface area (Å²) in [7, 11) is 0. The number of rotatable bonds is 6. The molecule has 1 fully saturated rings. The minimum Gasteiger partial charge on any atom is -0.480 e. The molecule has 19 heavy (non-hydrogen) atoms. The molecule has 0 aromatic rings. The Morgan fingerprint density at radius 2 is 1.58 bits per heavy atom. The Bertz CT molecular complexity index is 344. The minimum absolute atomic E-state index is 0.0861. The summed E-state index contributed by atoms with van der Waals surface area (Å²) in [5.74, 6) is -2.20. The zero-order valence-electron chi connectivity index (χ0n) is 11.3. The van der Waals surface area contributed by atoms with E-state index in [9.17, 15) is 14.4 Å². The summed E-state index contributed by atoms with van der Waals surface area (Å²) in [6, 6.07) is 0. The van der Waals surface area contributed by atoms with Gasteiger partial charge in [-0.25, -0.2) is 0 Å². The summed E-state index contributed by atoms with van der Waals surface area (Å²) >= 11 is 0. The lowest BCUT2D eigenvalue weighted by molar-refractivity contribution is -0.140. The van der Waals surface area contributed by atoms with E-state index in [0.29, 0.717) is 19.4 Å². The summed E-state index contributed by atoms with van der Waals surface area (Å²) < 4.78 is 0. The Morgan fingerprint density at radius 1 is 1.05 bits per heavy atom. The van der Waals surface area contributed by atoms with Crippen LogP contribution in [0.3, 0.4) is 0 Å². The van der Waals surface area contributed by atoms with Crippen LogP contribution in [0.15, 0.2) is 0 Å². The number of aliphatic carboxylic acids is 1. The average molecular weight is 270 g/mol. The number of hydrogen-bond donors (Lipinski definition) is 3. The van der Waals surface area contributed by atoms with Gasteiger partial charge in [0.1, 0.15) is 6.54 Å². The van der Waals surface area contributed by atoms with Crippen LogP contribution in [0.4, 0.5) is 0 Å². The molecule has 2 unspecified atom stereocenters. The molecule has 1 saturated carbocycles. The van der Waals surface area contributed by atoms with Gasteiger partial charge in [-0.05, 0) is 19.3 Å². The van der Waals surface area contributed by atoms with Crippen LogP contribution in [0, 0.1) is 11.8 Å². The number of nitrogens with one attached hydrogen (secondary N) is 2. The number of hydrogen-bond acceptors (Lipinski definition) is 3. The maximum atomic E-state index is 12.0. The lowest BCUT2D eigenvalue weighted by Crippen LogP contribution is -2.44. The highest BCUT2D eigenvalue weighted by molar-refractivity contribution is 5.89. The molecule has 0 heterocycles. The van der Waals surface area contributed by atoms with Crippen molar-refractivity contribution in [1.29, 1.82) is 0 Å². The van der Waals surface area contributed by atoms with E-state index in [0.717, 1.165) is 19.3 Å². The number of carbonyl (C=O) groups is 3. The lowest BCUT2D eigenvalue weighted by Gasteiger charge is -2.29. The van der Waals surface area contributed by atoms with Crippen LogP contribution < -0.4 is 10.6 Å². The second-order valence-corrected chi connectivity index (χ2v) is 4.90. The fourth-order valence-corrected chi connectivity index (χ4v) is 2.43. The molecular weight excluding hydrogens is 248 g/mol. The summed E-state index contributed by atoms with van der Waals surface area (Å²) in [5, 5.41) is 13.7. The molecule has 1 rings (SSSR count). The number of amides is 2. The van der Waals surface area contributed by atoms with Crippen LogP contribution in [-0.2, 0) is 14.4 Å². The number of carbonyl (C=O) groups excluding carboxylic acids is 2. The molecule has 2 amide bonds. The zero-order chi connectivity index (χ0) is 14.3. The SMILES string of the molecule is CCCNC(=O)C1CCCCC1C(=O)NCC(=O)O. The van der Waals surface area contributed by atoms with Crippen molar-refractivity contribution in [3.05, 3.63) is 0 Å². The third kappa shape index (κ3) is 4.89. The largest absolute Gasteiger partial charge is 0.480 e. The van der Waals surface area contributed by atoms with E-state index in [4.69, 9.17) is 5.11 Å². The molecule has 0 saturated heterocycles. The van der Waals surface area contributed by atoms with E-state index in [2.05, 4.69) is 10.6 Å². The van der Waals surface area contributed by atoms with Crippen molar-refractivity contribution < 1.29 is 19.5 Å². The van der Waals surface area contributed by atoms with Crippen LogP contribution >= 0.6 is 0 Å². The molecule has 0 bridgehead atoms. The second kappa shape index (κ2) is 7.76. The van der Waals surface area contributed by atoms with Crippen LogP contribution in [0.25, 0.3) is 0 Å². The zero-order valence-corrected chi connectivity index (χ0v) is 11.3. The highest BCUT2D eigenvalue weighted by atomic mass is 16.4. The highest BCUT2D eigenvalue weighted by Crippen LogP contribution is 2.30. The third-order valence-corrected chi connectivity index (χ3v) is 3.40. The predicted octanol–water partition coefficient (Wildman–Crippen LogP) is 0.520. The first-order chi connectivity index (χ1) is 9.06. The molecule has 2 atom stereocenters. The van der Waals surface area contributed by atoms with E-state index in [1.807, 2.05) is 6.92 Å². The Kier molecular flexibility index (Phi) is 6.32. The van der Waals surface area contributed by atoms with Crippen molar-refractivity contribution in [2.24, 2.45) is 11.8 Å². The van der Waals surface area contributed by atoms with Crippen molar-refractivity contribution in [3.8, 4) is 0 Å². The maximum absolute atomic E-state index is 12.0. The summed E-state index contributed by atoms with van der Waals surface area (Å²) in [6.45, 7) is 2.19. The standard InChI is InChI=1S/C13H22N2O4/c1-2-7-14-12(18)9-5-3-4-6-10(9)13(19)15-8-11(16)17/h9-10H,2-8H2,1H3,(H,14,18)(H,15,19)(H,16,17). The fourth-order valence-electron chi connectivity index (χ4n) is 2.43. The first-order valence-corrected chi connectivity index (χ1v) is 6.83. The van der Waals surface area contributed by atoms with E-state index < -0.39 is 18.4 Å².